The Bertz CT molecular complexity index is 248. The summed E-state index contributed by atoms with van der Waals surface area (Å²) in [5.74, 6) is 0.554. The number of carbonyl (C=O) groups is 1. The number of rotatable bonds is 2. The van der Waals surface area contributed by atoms with Gasteiger partial charge in [0.15, 0.2) is 0 Å². The molecule has 0 aromatic heterocycles. The quantitative estimate of drug-likeness (QED) is 0.670. The first-order valence-corrected chi connectivity index (χ1v) is 6.36. The summed E-state index contributed by atoms with van der Waals surface area (Å²) in [4.78, 5) is 11.1. The fourth-order valence-electron chi connectivity index (χ4n) is 4.01. The second-order valence-electron chi connectivity index (χ2n) is 6.58. The van der Waals surface area contributed by atoms with Crippen molar-refractivity contribution in [2.75, 3.05) is 0 Å². The average Bonchev–Trinajstić information content (AvgIpc) is 1.97. The molecule has 0 aliphatic heterocycles. The highest BCUT2D eigenvalue weighted by Crippen LogP contribution is 2.52. The molecular weight excluding hydrogens is 200 g/mol. The molecule has 0 amide bonds. The highest BCUT2D eigenvalue weighted by molar-refractivity contribution is 5.66. The number of hydrogen-bond donors (Lipinski definition) is 0. The molecule has 1 aliphatic rings. The Kier molecular flexibility index (Phi) is 3.71. The summed E-state index contributed by atoms with van der Waals surface area (Å²) in [5, 5.41) is 0. The third-order valence-corrected chi connectivity index (χ3v) is 4.14. The van der Waals surface area contributed by atoms with E-state index in [4.69, 9.17) is 4.74 Å². The van der Waals surface area contributed by atoms with E-state index in [0.29, 0.717) is 5.92 Å². The lowest BCUT2D eigenvalue weighted by atomic mass is 9.55. The predicted molar refractivity (Wildman–Crippen MR) is 66.1 cm³/mol. The fraction of sp³-hybridized carbons (Fsp3) is 0.929. The average molecular weight is 226 g/mol. The molecule has 0 atom stereocenters. The van der Waals surface area contributed by atoms with Crippen LogP contribution in [0.4, 0.5) is 0 Å². The molecule has 0 spiro atoms. The Morgan fingerprint density at radius 3 is 1.94 bits per heavy atom. The SMILES string of the molecule is CCC1C(C)(C)CC(OC(C)=O)CC1(C)C. The molecule has 0 saturated heterocycles. The largest absolute Gasteiger partial charge is 0.463 e. The minimum absolute atomic E-state index is 0.102. The Morgan fingerprint density at radius 1 is 1.19 bits per heavy atom. The van der Waals surface area contributed by atoms with Gasteiger partial charge < -0.3 is 4.74 Å². The summed E-state index contributed by atoms with van der Waals surface area (Å²) in [5.41, 5.74) is 0.521. The zero-order valence-electron chi connectivity index (χ0n) is 11.6. The van der Waals surface area contributed by atoms with Crippen molar-refractivity contribution in [2.24, 2.45) is 16.7 Å². The zero-order valence-corrected chi connectivity index (χ0v) is 11.6. The van der Waals surface area contributed by atoms with Crippen LogP contribution in [0.25, 0.3) is 0 Å². The number of carbonyl (C=O) groups excluding carboxylic acids is 1. The highest BCUT2D eigenvalue weighted by Gasteiger charge is 2.47. The van der Waals surface area contributed by atoms with E-state index < -0.39 is 0 Å². The van der Waals surface area contributed by atoms with Crippen LogP contribution in [0.2, 0.25) is 0 Å². The van der Waals surface area contributed by atoms with Crippen molar-refractivity contribution in [1.82, 2.24) is 0 Å². The first-order chi connectivity index (χ1) is 7.19. The summed E-state index contributed by atoms with van der Waals surface area (Å²) >= 11 is 0. The van der Waals surface area contributed by atoms with Gasteiger partial charge in [-0.05, 0) is 29.6 Å². The van der Waals surface area contributed by atoms with Crippen molar-refractivity contribution >= 4 is 5.97 Å². The molecule has 1 aliphatic carbocycles. The van der Waals surface area contributed by atoms with E-state index in [1.165, 1.54) is 13.3 Å². The van der Waals surface area contributed by atoms with Crippen LogP contribution < -0.4 is 0 Å². The second-order valence-corrected chi connectivity index (χ2v) is 6.58. The maximum atomic E-state index is 11.1. The van der Waals surface area contributed by atoms with Gasteiger partial charge in [0.1, 0.15) is 6.10 Å². The molecule has 16 heavy (non-hydrogen) atoms. The van der Waals surface area contributed by atoms with Crippen LogP contribution in [0, 0.1) is 16.7 Å². The number of esters is 1. The van der Waals surface area contributed by atoms with E-state index in [1.54, 1.807) is 0 Å². The van der Waals surface area contributed by atoms with Crippen LogP contribution in [0.3, 0.4) is 0 Å². The Hall–Kier alpha value is -0.530. The third kappa shape index (κ3) is 2.78. The van der Waals surface area contributed by atoms with Gasteiger partial charge in [-0.3, -0.25) is 4.79 Å². The maximum absolute atomic E-state index is 11.1. The molecule has 0 aromatic rings. The fourth-order valence-corrected chi connectivity index (χ4v) is 4.01. The molecule has 1 rings (SSSR count). The summed E-state index contributed by atoms with van der Waals surface area (Å²) in [6.45, 7) is 13.0. The Balaban J connectivity index is 2.84. The topological polar surface area (TPSA) is 26.3 Å². The Morgan fingerprint density at radius 2 is 1.62 bits per heavy atom. The molecular formula is C14H26O2. The zero-order chi connectivity index (χ0) is 12.6. The van der Waals surface area contributed by atoms with E-state index in [1.807, 2.05) is 0 Å². The van der Waals surface area contributed by atoms with Gasteiger partial charge in [0, 0.05) is 6.92 Å². The van der Waals surface area contributed by atoms with E-state index in [9.17, 15) is 4.79 Å². The van der Waals surface area contributed by atoms with Crippen LogP contribution in [0.1, 0.15) is 60.8 Å². The maximum Gasteiger partial charge on any atom is 0.302 e. The normalized spacial score (nSPS) is 32.1. The van der Waals surface area contributed by atoms with Gasteiger partial charge in [0.05, 0.1) is 0 Å². The second kappa shape index (κ2) is 4.38. The van der Waals surface area contributed by atoms with Gasteiger partial charge in [-0.25, -0.2) is 0 Å². The van der Waals surface area contributed by atoms with E-state index in [-0.39, 0.29) is 22.9 Å². The van der Waals surface area contributed by atoms with Crippen LogP contribution in [0.5, 0.6) is 0 Å². The smallest absolute Gasteiger partial charge is 0.302 e. The summed E-state index contributed by atoms with van der Waals surface area (Å²) in [7, 11) is 0. The summed E-state index contributed by atoms with van der Waals surface area (Å²) in [6, 6.07) is 0. The van der Waals surface area contributed by atoms with Gasteiger partial charge in [0.2, 0.25) is 0 Å². The molecule has 0 bridgehead atoms. The molecule has 2 nitrogen and oxygen atoms in total. The molecule has 2 heteroatoms. The van der Waals surface area contributed by atoms with Crippen LogP contribution in [-0.4, -0.2) is 12.1 Å². The molecule has 0 radical (unpaired) electrons. The van der Waals surface area contributed by atoms with Crippen molar-refractivity contribution in [3.8, 4) is 0 Å². The van der Waals surface area contributed by atoms with Crippen molar-refractivity contribution in [1.29, 1.82) is 0 Å². The lowest BCUT2D eigenvalue weighted by Crippen LogP contribution is -2.46. The van der Waals surface area contributed by atoms with Gasteiger partial charge >= 0.3 is 5.97 Å². The van der Waals surface area contributed by atoms with Crippen LogP contribution in [-0.2, 0) is 9.53 Å². The van der Waals surface area contributed by atoms with E-state index in [2.05, 4.69) is 34.6 Å². The first-order valence-electron chi connectivity index (χ1n) is 6.36. The van der Waals surface area contributed by atoms with Gasteiger partial charge in [-0.1, -0.05) is 41.0 Å². The molecule has 0 N–H and O–H groups in total. The summed E-state index contributed by atoms with van der Waals surface area (Å²) in [6.07, 6.45) is 3.29. The van der Waals surface area contributed by atoms with Crippen LogP contribution in [0.15, 0.2) is 0 Å². The molecule has 94 valence electrons. The Labute approximate surface area is 99.8 Å². The van der Waals surface area contributed by atoms with Crippen molar-refractivity contribution in [2.45, 2.75) is 66.9 Å². The van der Waals surface area contributed by atoms with E-state index >= 15 is 0 Å². The number of hydrogen-bond acceptors (Lipinski definition) is 2. The molecule has 1 saturated carbocycles. The lowest BCUT2D eigenvalue weighted by molar-refractivity contribution is -0.156. The van der Waals surface area contributed by atoms with E-state index in [0.717, 1.165) is 12.8 Å². The van der Waals surface area contributed by atoms with Crippen molar-refractivity contribution in [3.63, 3.8) is 0 Å². The molecule has 0 aromatic carbocycles. The molecule has 1 fully saturated rings. The van der Waals surface area contributed by atoms with Crippen LogP contribution >= 0.6 is 0 Å². The third-order valence-electron chi connectivity index (χ3n) is 4.14. The van der Waals surface area contributed by atoms with Crippen molar-refractivity contribution < 1.29 is 9.53 Å². The minimum Gasteiger partial charge on any atom is -0.463 e. The molecule has 0 heterocycles. The first kappa shape index (κ1) is 13.5. The summed E-state index contributed by atoms with van der Waals surface area (Å²) < 4.78 is 5.42. The minimum atomic E-state index is -0.147. The van der Waals surface area contributed by atoms with Gasteiger partial charge in [0.25, 0.3) is 0 Å². The lowest BCUT2D eigenvalue weighted by Gasteiger charge is -2.51. The highest BCUT2D eigenvalue weighted by atomic mass is 16.5. The monoisotopic (exact) mass is 226 g/mol. The predicted octanol–water partition coefficient (Wildman–Crippen LogP) is 3.79. The number of ether oxygens (including phenoxy) is 1. The molecule has 0 unspecified atom stereocenters. The van der Waals surface area contributed by atoms with Gasteiger partial charge in [-0.15, -0.1) is 0 Å². The van der Waals surface area contributed by atoms with Gasteiger partial charge in [-0.2, -0.15) is 0 Å². The standard InChI is InChI=1S/C14H26O2/c1-7-12-13(3,4)8-11(16-10(2)15)9-14(12,5)6/h11-12H,7-9H2,1-6H3. The van der Waals surface area contributed by atoms with Crippen molar-refractivity contribution in [3.05, 3.63) is 0 Å².